The van der Waals surface area contributed by atoms with Crippen molar-refractivity contribution in [1.82, 2.24) is 9.55 Å². The van der Waals surface area contributed by atoms with E-state index in [2.05, 4.69) is 27.9 Å². The SMILES string of the molecule is CCCCC(=O)Nc1ccc2c(c1)ncn2C1CCCCC1. The van der Waals surface area contributed by atoms with Crippen LogP contribution in [0.1, 0.15) is 64.3 Å². The largest absolute Gasteiger partial charge is 0.327 e. The van der Waals surface area contributed by atoms with Crippen molar-refractivity contribution < 1.29 is 4.79 Å². The predicted octanol–water partition coefficient (Wildman–Crippen LogP) is 4.67. The van der Waals surface area contributed by atoms with Crippen LogP contribution in [0.25, 0.3) is 11.0 Å². The maximum atomic E-state index is 11.8. The summed E-state index contributed by atoms with van der Waals surface area (Å²) in [5.41, 5.74) is 3.00. The topological polar surface area (TPSA) is 46.9 Å². The Labute approximate surface area is 131 Å². The van der Waals surface area contributed by atoms with Crippen LogP contribution in [0.2, 0.25) is 0 Å². The highest BCUT2D eigenvalue weighted by Crippen LogP contribution is 2.31. The van der Waals surface area contributed by atoms with E-state index < -0.39 is 0 Å². The summed E-state index contributed by atoms with van der Waals surface area (Å²) in [4.78, 5) is 16.4. The van der Waals surface area contributed by atoms with Crippen molar-refractivity contribution in [2.24, 2.45) is 0 Å². The number of benzene rings is 1. The molecule has 22 heavy (non-hydrogen) atoms. The standard InChI is InChI=1S/C18H25N3O/c1-2-3-9-18(22)20-14-10-11-17-16(12-14)19-13-21(17)15-7-5-4-6-8-15/h10-13,15H,2-9H2,1H3,(H,20,22). The van der Waals surface area contributed by atoms with Crippen molar-refractivity contribution >= 4 is 22.6 Å². The van der Waals surface area contributed by atoms with Crippen molar-refractivity contribution in [1.29, 1.82) is 0 Å². The molecule has 0 spiro atoms. The molecule has 0 atom stereocenters. The number of rotatable bonds is 5. The highest BCUT2D eigenvalue weighted by molar-refractivity contribution is 5.93. The third kappa shape index (κ3) is 3.32. The second-order valence-electron chi connectivity index (χ2n) is 6.30. The van der Waals surface area contributed by atoms with Gasteiger partial charge >= 0.3 is 0 Å². The second kappa shape index (κ2) is 6.95. The van der Waals surface area contributed by atoms with Gasteiger partial charge in [-0.05, 0) is 37.5 Å². The number of hydrogen-bond acceptors (Lipinski definition) is 2. The van der Waals surface area contributed by atoms with E-state index in [9.17, 15) is 4.79 Å². The predicted molar refractivity (Wildman–Crippen MR) is 90.0 cm³/mol. The van der Waals surface area contributed by atoms with E-state index in [1.165, 1.54) is 37.6 Å². The molecule has 0 saturated heterocycles. The van der Waals surface area contributed by atoms with E-state index in [0.29, 0.717) is 12.5 Å². The van der Waals surface area contributed by atoms with Gasteiger partial charge in [-0.15, -0.1) is 0 Å². The lowest BCUT2D eigenvalue weighted by Crippen LogP contribution is -2.12. The molecule has 3 rings (SSSR count). The molecule has 0 radical (unpaired) electrons. The smallest absolute Gasteiger partial charge is 0.224 e. The summed E-state index contributed by atoms with van der Waals surface area (Å²) < 4.78 is 2.32. The molecule has 1 fully saturated rings. The van der Waals surface area contributed by atoms with Crippen LogP contribution in [0.3, 0.4) is 0 Å². The molecule has 0 aliphatic heterocycles. The van der Waals surface area contributed by atoms with E-state index in [4.69, 9.17) is 0 Å². The number of hydrogen-bond donors (Lipinski definition) is 1. The van der Waals surface area contributed by atoms with Crippen LogP contribution >= 0.6 is 0 Å². The molecule has 1 aromatic heterocycles. The van der Waals surface area contributed by atoms with Gasteiger partial charge in [0.1, 0.15) is 0 Å². The Balaban J connectivity index is 1.75. The molecule has 1 saturated carbocycles. The summed E-state index contributed by atoms with van der Waals surface area (Å²) in [6.07, 6.45) is 11.0. The average molecular weight is 299 g/mol. The summed E-state index contributed by atoms with van der Waals surface area (Å²) >= 11 is 0. The second-order valence-corrected chi connectivity index (χ2v) is 6.30. The van der Waals surface area contributed by atoms with E-state index in [1.807, 2.05) is 18.5 Å². The van der Waals surface area contributed by atoms with Crippen LogP contribution in [-0.2, 0) is 4.79 Å². The van der Waals surface area contributed by atoms with Gasteiger partial charge in [-0.1, -0.05) is 32.6 Å². The minimum Gasteiger partial charge on any atom is -0.327 e. The van der Waals surface area contributed by atoms with Crippen LogP contribution < -0.4 is 5.32 Å². The minimum absolute atomic E-state index is 0.0907. The quantitative estimate of drug-likeness (QED) is 0.872. The number of fused-ring (bicyclic) bond motifs is 1. The molecule has 0 bridgehead atoms. The lowest BCUT2D eigenvalue weighted by molar-refractivity contribution is -0.116. The number of imidazole rings is 1. The number of unbranched alkanes of at least 4 members (excludes halogenated alkanes) is 1. The molecule has 2 aromatic rings. The Morgan fingerprint density at radius 1 is 1.32 bits per heavy atom. The van der Waals surface area contributed by atoms with Crippen LogP contribution in [-0.4, -0.2) is 15.5 Å². The zero-order chi connectivity index (χ0) is 15.4. The molecule has 1 N–H and O–H groups in total. The van der Waals surface area contributed by atoms with Gasteiger partial charge < -0.3 is 9.88 Å². The number of aromatic nitrogens is 2. The third-order valence-electron chi connectivity index (χ3n) is 4.58. The fraction of sp³-hybridized carbons (Fsp3) is 0.556. The third-order valence-corrected chi connectivity index (χ3v) is 4.58. The molecule has 118 valence electrons. The van der Waals surface area contributed by atoms with Gasteiger partial charge in [0.05, 0.1) is 17.4 Å². The van der Waals surface area contributed by atoms with E-state index in [0.717, 1.165) is 24.0 Å². The van der Waals surface area contributed by atoms with E-state index in [-0.39, 0.29) is 5.91 Å². The molecular formula is C18H25N3O. The summed E-state index contributed by atoms with van der Waals surface area (Å²) in [5.74, 6) is 0.0907. The Hall–Kier alpha value is -1.84. The average Bonchev–Trinajstić information content (AvgIpc) is 2.97. The number of amides is 1. The number of carbonyl (C=O) groups is 1. The number of nitrogens with zero attached hydrogens (tertiary/aromatic N) is 2. The lowest BCUT2D eigenvalue weighted by Gasteiger charge is -2.23. The van der Waals surface area contributed by atoms with Crippen LogP contribution in [0, 0.1) is 0 Å². The highest BCUT2D eigenvalue weighted by Gasteiger charge is 2.17. The Kier molecular flexibility index (Phi) is 4.76. The molecule has 1 amide bonds. The van der Waals surface area contributed by atoms with Gasteiger partial charge in [0.2, 0.25) is 5.91 Å². The maximum Gasteiger partial charge on any atom is 0.224 e. The normalized spacial score (nSPS) is 16.0. The highest BCUT2D eigenvalue weighted by atomic mass is 16.1. The molecule has 0 unspecified atom stereocenters. The molecule has 4 heteroatoms. The first-order valence-electron chi connectivity index (χ1n) is 8.54. The number of nitrogens with one attached hydrogen (secondary N) is 1. The first kappa shape index (κ1) is 15.1. The zero-order valence-electron chi connectivity index (χ0n) is 13.3. The molecular weight excluding hydrogens is 274 g/mol. The van der Waals surface area contributed by atoms with Gasteiger partial charge in [0, 0.05) is 18.2 Å². The van der Waals surface area contributed by atoms with E-state index in [1.54, 1.807) is 0 Å². The molecule has 1 aromatic carbocycles. The van der Waals surface area contributed by atoms with Gasteiger partial charge in [0.25, 0.3) is 0 Å². The monoisotopic (exact) mass is 299 g/mol. The van der Waals surface area contributed by atoms with Crippen molar-refractivity contribution in [3.8, 4) is 0 Å². The van der Waals surface area contributed by atoms with Gasteiger partial charge in [0.15, 0.2) is 0 Å². The summed E-state index contributed by atoms with van der Waals surface area (Å²) in [6.45, 7) is 2.09. The Morgan fingerprint density at radius 2 is 2.14 bits per heavy atom. The summed E-state index contributed by atoms with van der Waals surface area (Å²) in [6, 6.07) is 6.65. The number of carbonyl (C=O) groups excluding carboxylic acids is 1. The fourth-order valence-electron chi connectivity index (χ4n) is 3.32. The van der Waals surface area contributed by atoms with Crippen LogP contribution in [0.5, 0.6) is 0 Å². The minimum atomic E-state index is 0.0907. The van der Waals surface area contributed by atoms with Gasteiger partial charge in [-0.25, -0.2) is 4.98 Å². The van der Waals surface area contributed by atoms with Gasteiger partial charge in [-0.3, -0.25) is 4.79 Å². The lowest BCUT2D eigenvalue weighted by atomic mass is 9.95. The maximum absolute atomic E-state index is 11.8. The molecule has 4 nitrogen and oxygen atoms in total. The summed E-state index contributed by atoms with van der Waals surface area (Å²) in [5, 5.41) is 2.97. The molecule has 1 aliphatic rings. The Morgan fingerprint density at radius 3 is 2.91 bits per heavy atom. The van der Waals surface area contributed by atoms with Crippen molar-refractivity contribution in [3.63, 3.8) is 0 Å². The zero-order valence-corrected chi connectivity index (χ0v) is 13.3. The van der Waals surface area contributed by atoms with Crippen molar-refractivity contribution in [2.75, 3.05) is 5.32 Å². The Bertz CT molecular complexity index is 641. The molecule has 1 aliphatic carbocycles. The number of anilines is 1. The fourth-order valence-corrected chi connectivity index (χ4v) is 3.32. The van der Waals surface area contributed by atoms with Crippen molar-refractivity contribution in [2.45, 2.75) is 64.3 Å². The van der Waals surface area contributed by atoms with E-state index >= 15 is 0 Å². The van der Waals surface area contributed by atoms with Gasteiger partial charge in [-0.2, -0.15) is 0 Å². The first-order chi connectivity index (χ1) is 10.8. The van der Waals surface area contributed by atoms with Crippen LogP contribution in [0.4, 0.5) is 5.69 Å². The van der Waals surface area contributed by atoms with Crippen LogP contribution in [0.15, 0.2) is 24.5 Å². The summed E-state index contributed by atoms with van der Waals surface area (Å²) in [7, 11) is 0. The van der Waals surface area contributed by atoms with Crippen molar-refractivity contribution in [3.05, 3.63) is 24.5 Å². The first-order valence-corrected chi connectivity index (χ1v) is 8.54. The molecule has 1 heterocycles.